The normalized spacial score (nSPS) is 10.7. The van der Waals surface area contributed by atoms with Crippen LogP contribution >= 0.6 is 15.9 Å². The van der Waals surface area contributed by atoms with Gasteiger partial charge in [-0.2, -0.15) is 0 Å². The van der Waals surface area contributed by atoms with Gasteiger partial charge in [0.05, 0.1) is 5.69 Å². The summed E-state index contributed by atoms with van der Waals surface area (Å²) in [4.78, 5) is 22.7. The third kappa shape index (κ3) is 5.58. The fourth-order valence-corrected chi connectivity index (χ4v) is 2.67. The Morgan fingerprint density at radius 3 is 2.79 bits per heavy atom. The van der Waals surface area contributed by atoms with Gasteiger partial charge in [0, 0.05) is 17.2 Å². The van der Waals surface area contributed by atoms with E-state index in [1.165, 1.54) is 0 Å². The molecule has 0 fully saturated rings. The number of amides is 1. The number of anilines is 2. The molecule has 0 radical (unpaired) electrons. The van der Waals surface area contributed by atoms with E-state index < -0.39 is 0 Å². The van der Waals surface area contributed by atoms with E-state index in [-0.39, 0.29) is 5.91 Å². The maximum absolute atomic E-state index is 12.2. The van der Waals surface area contributed by atoms with Crippen molar-refractivity contribution < 1.29 is 4.79 Å². The molecular formula is C17H22BrN5O. The van der Waals surface area contributed by atoms with E-state index in [9.17, 15) is 4.79 Å². The summed E-state index contributed by atoms with van der Waals surface area (Å²) in [5.41, 5.74) is 2.35. The molecule has 1 aromatic heterocycles. The van der Waals surface area contributed by atoms with Crippen molar-refractivity contribution in [1.82, 2.24) is 20.2 Å². The molecule has 1 heterocycles. The monoisotopic (exact) mass is 391 g/mol. The summed E-state index contributed by atoms with van der Waals surface area (Å²) in [7, 11) is 4.01. The largest absolute Gasteiger partial charge is 0.351 e. The van der Waals surface area contributed by atoms with E-state index in [1.807, 2.05) is 39.2 Å². The number of hydrogen-bond donors (Lipinski definition) is 2. The molecule has 128 valence electrons. The van der Waals surface area contributed by atoms with Crippen LogP contribution in [0.4, 0.5) is 11.6 Å². The van der Waals surface area contributed by atoms with Crippen molar-refractivity contribution in [3.05, 3.63) is 46.2 Å². The number of aryl methyl sites for hydroxylation is 1. The van der Waals surface area contributed by atoms with Gasteiger partial charge in [-0.25, -0.2) is 9.97 Å². The zero-order valence-electron chi connectivity index (χ0n) is 14.1. The summed E-state index contributed by atoms with van der Waals surface area (Å²) >= 11 is 3.50. The van der Waals surface area contributed by atoms with Crippen LogP contribution < -0.4 is 10.6 Å². The zero-order valence-corrected chi connectivity index (χ0v) is 15.7. The van der Waals surface area contributed by atoms with Crippen molar-refractivity contribution in [3.63, 3.8) is 0 Å². The van der Waals surface area contributed by atoms with Gasteiger partial charge >= 0.3 is 0 Å². The summed E-state index contributed by atoms with van der Waals surface area (Å²) in [6, 6.07) is 7.55. The number of carbonyl (C=O) groups is 1. The Hall–Kier alpha value is -1.99. The minimum atomic E-state index is -0.192. The fourth-order valence-electron chi connectivity index (χ4n) is 2.08. The maximum Gasteiger partial charge on any atom is 0.270 e. The summed E-state index contributed by atoms with van der Waals surface area (Å²) in [5, 5.41) is 5.99. The lowest BCUT2D eigenvalue weighted by Gasteiger charge is -2.10. The summed E-state index contributed by atoms with van der Waals surface area (Å²) in [6.45, 7) is 3.57. The molecule has 0 bridgehead atoms. The Bertz CT molecular complexity index is 705. The molecule has 0 aliphatic carbocycles. The van der Waals surface area contributed by atoms with Crippen molar-refractivity contribution in [1.29, 1.82) is 0 Å². The highest BCUT2D eigenvalue weighted by atomic mass is 79.9. The molecule has 0 aliphatic heterocycles. The van der Waals surface area contributed by atoms with Crippen LogP contribution in [0.2, 0.25) is 0 Å². The van der Waals surface area contributed by atoms with Crippen LogP contribution in [0.3, 0.4) is 0 Å². The molecule has 2 N–H and O–H groups in total. The van der Waals surface area contributed by atoms with E-state index in [0.717, 1.165) is 28.7 Å². The van der Waals surface area contributed by atoms with E-state index in [4.69, 9.17) is 0 Å². The predicted octanol–water partition coefficient (Wildman–Crippen LogP) is 2.97. The van der Waals surface area contributed by atoms with Crippen molar-refractivity contribution in [2.75, 3.05) is 32.5 Å². The topological polar surface area (TPSA) is 70.2 Å². The molecular weight excluding hydrogens is 370 g/mol. The standard InChI is InChI=1S/C17H22BrN5O/c1-12-5-6-14(13(18)11-12)21-17-20-9-7-15(22-17)16(24)19-8-4-10-23(2)3/h5-7,9,11H,4,8,10H2,1-3H3,(H,19,24)(H,20,21,22). The third-order valence-corrected chi connectivity index (χ3v) is 3.98. The second-order valence-corrected chi connectivity index (χ2v) is 6.64. The van der Waals surface area contributed by atoms with Crippen molar-refractivity contribution in [2.24, 2.45) is 0 Å². The van der Waals surface area contributed by atoms with Crippen molar-refractivity contribution in [3.8, 4) is 0 Å². The smallest absolute Gasteiger partial charge is 0.270 e. The Morgan fingerprint density at radius 1 is 1.29 bits per heavy atom. The fraction of sp³-hybridized carbons (Fsp3) is 0.353. The second kappa shape index (κ2) is 8.75. The van der Waals surface area contributed by atoms with Gasteiger partial charge in [-0.15, -0.1) is 0 Å². The van der Waals surface area contributed by atoms with E-state index in [0.29, 0.717) is 18.2 Å². The van der Waals surface area contributed by atoms with E-state index >= 15 is 0 Å². The molecule has 7 heteroatoms. The Balaban J connectivity index is 1.99. The minimum absolute atomic E-state index is 0.192. The first-order valence-corrected chi connectivity index (χ1v) is 8.54. The number of hydrogen-bond acceptors (Lipinski definition) is 5. The van der Waals surface area contributed by atoms with E-state index in [1.54, 1.807) is 12.3 Å². The van der Waals surface area contributed by atoms with Crippen molar-refractivity contribution in [2.45, 2.75) is 13.3 Å². The zero-order chi connectivity index (χ0) is 17.5. The van der Waals surface area contributed by atoms with Gasteiger partial charge < -0.3 is 15.5 Å². The molecule has 0 unspecified atom stereocenters. The molecule has 1 aromatic carbocycles. The number of carbonyl (C=O) groups excluding carboxylic acids is 1. The molecule has 6 nitrogen and oxygen atoms in total. The summed E-state index contributed by atoms with van der Waals surface area (Å²) < 4.78 is 0.921. The molecule has 0 saturated carbocycles. The maximum atomic E-state index is 12.2. The molecule has 1 amide bonds. The number of rotatable bonds is 7. The van der Waals surface area contributed by atoms with Gasteiger partial charge in [0.25, 0.3) is 5.91 Å². The number of nitrogens with one attached hydrogen (secondary N) is 2. The number of halogens is 1. The lowest BCUT2D eigenvalue weighted by atomic mass is 10.2. The average Bonchev–Trinajstić information content (AvgIpc) is 2.54. The first kappa shape index (κ1) is 18.4. The minimum Gasteiger partial charge on any atom is -0.351 e. The van der Waals surface area contributed by atoms with Crippen LogP contribution in [0.15, 0.2) is 34.9 Å². The van der Waals surface area contributed by atoms with Crippen LogP contribution in [0.25, 0.3) is 0 Å². The Labute approximate surface area is 150 Å². The van der Waals surface area contributed by atoms with E-state index in [2.05, 4.69) is 41.4 Å². The molecule has 24 heavy (non-hydrogen) atoms. The highest BCUT2D eigenvalue weighted by Gasteiger charge is 2.09. The molecule has 0 saturated heterocycles. The third-order valence-electron chi connectivity index (χ3n) is 3.33. The van der Waals surface area contributed by atoms with Gasteiger partial charge in [0.2, 0.25) is 5.95 Å². The van der Waals surface area contributed by atoms with Gasteiger partial charge in [0.1, 0.15) is 5.69 Å². The predicted molar refractivity (Wildman–Crippen MR) is 99.7 cm³/mol. The first-order chi connectivity index (χ1) is 11.5. The number of nitrogens with zero attached hydrogens (tertiary/aromatic N) is 3. The van der Waals surface area contributed by atoms with Crippen molar-refractivity contribution >= 4 is 33.5 Å². The Morgan fingerprint density at radius 2 is 2.08 bits per heavy atom. The van der Waals surface area contributed by atoms with Gasteiger partial charge in [-0.3, -0.25) is 4.79 Å². The lowest BCUT2D eigenvalue weighted by Crippen LogP contribution is -2.28. The van der Waals surface area contributed by atoms with Crippen LogP contribution in [-0.4, -0.2) is 48.0 Å². The van der Waals surface area contributed by atoms with Crippen LogP contribution in [0.1, 0.15) is 22.5 Å². The molecule has 2 rings (SSSR count). The average molecular weight is 392 g/mol. The lowest BCUT2D eigenvalue weighted by molar-refractivity contribution is 0.0947. The van der Waals surface area contributed by atoms with Gasteiger partial charge in [-0.1, -0.05) is 6.07 Å². The molecule has 0 spiro atoms. The van der Waals surface area contributed by atoms with Gasteiger partial charge in [0.15, 0.2) is 0 Å². The SMILES string of the molecule is Cc1ccc(Nc2nccc(C(=O)NCCCN(C)C)n2)c(Br)c1. The summed E-state index contributed by atoms with van der Waals surface area (Å²) in [5.74, 6) is 0.197. The van der Waals surface area contributed by atoms with Crippen LogP contribution in [-0.2, 0) is 0 Å². The second-order valence-electron chi connectivity index (χ2n) is 5.79. The van der Waals surface area contributed by atoms with Crippen LogP contribution in [0.5, 0.6) is 0 Å². The summed E-state index contributed by atoms with van der Waals surface area (Å²) in [6.07, 6.45) is 2.47. The van der Waals surface area contributed by atoms with Crippen LogP contribution in [0, 0.1) is 6.92 Å². The van der Waals surface area contributed by atoms with Gasteiger partial charge in [-0.05, 0) is 73.7 Å². The highest BCUT2D eigenvalue weighted by molar-refractivity contribution is 9.10. The highest BCUT2D eigenvalue weighted by Crippen LogP contribution is 2.25. The quantitative estimate of drug-likeness (QED) is 0.709. The Kier molecular flexibility index (Phi) is 6.69. The number of benzene rings is 1. The molecule has 2 aromatic rings. The molecule has 0 aliphatic rings. The first-order valence-electron chi connectivity index (χ1n) is 7.75. The molecule has 0 atom stereocenters. The number of aromatic nitrogens is 2.